The number of amides is 1. The van der Waals surface area contributed by atoms with Crippen LogP contribution in [0.3, 0.4) is 0 Å². The molecule has 0 unspecified atom stereocenters. The molecule has 35 heavy (non-hydrogen) atoms. The minimum absolute atomic E-state index is 0.00129. The van der Waals surface area contributed by atoms with Crippen molar-refractivity contribution in [1.29, 1.82) is 0 Å². The summed E-state index contributed by atoms with van der Waals surface area (Å²) in [5.41, 5.74) is 1.82. The molecule has 0 radical (unpaired) electrons. The second kappa shape index (κ2) is 10.4. The van der Waals surface area contributed by atoms with E-state index in [0.717, 1.165) is 11.3 Å². The quantitative estimate of drug-likeness (QED) is 0.275. The summed E-state index contributed by atoms with van der Waals surface area (Å²) in [5, 5.41) is 19.3. The average molecular weight is 518 g/mol. The first-order valence-corrected chi connectivity index (χ1v) is 11.7. The summed E-state index contributed by atoms with van der Waals surface area (Å²) in [6.45, 7) is -0.000653. The Bertz CT molecular complexity index is 1480. The number of aromatic nitrogens is 2. The maximum Gasteiger partial charge on any atom is 0.274 e. The summed E-state index contributed by atoms with van der Waals surface area (Å²) in [7, 11) is 1.64. The number of phenolic OH excluding ortho intramolecular Hbond substituents is 2. The number of halogens is 2. The fourth-order valence-electron chi connectivity index (χ4n) is 3.40. The van der Waals surface area contributed by atoms with Crippen LogP contribution in [0.1, 0.15) is 15.9 Å². The molecular formula is C24H21ClFN3O5S. The first-order chi connectivity index (χ1) is 16.8. The molecule has 2 N–H and O–H groups in total. The van der Waals surface area contributed by atoms with E-state index in [1.807, 2.05) is 0 Å². The van der Waals surface area contributed by atoms with Crippen molar-refractivity contribution in [1.82, 2.24) is 14.3 Å². The average Bonchev–Trinajstić information content (AvgIpc) is 3.39. The van der Waals surface area contributed by atoms with Gasteiger partial charge in [-0.05, 0) is 35.9 Å². The predicted molar refractivity (Wildman–Crippen MR) is 132 cm³/mol. The molecule has 1 amide bonds. The molecule has 0 aliphatic carbocycles. The van der Waals surface area contributed by atoms with Gasteiger partial charge in [0.1, 0.15) is 6.67 Å². The first kappa shape index (κ1) is 24.6. The Morgan fingerprint density at radius 1 is 1.29 bits per heavy atom. The number of thiazole rings is 1. The van der Waals surface area contributed by atoms with Gasteiger partial charge in [0.15, 0.2) is 16.5 Å². The lowest BCUT2D eigenvalue weighted by Gasteiger charge is -2.17. The minimum atomic E-state index is -0.568. The van der Waals surface area contributed by atoms with Gasteiger partial charge in [-0.25, -0.2) is 9.37 Å². The van der Waals surface area contributed by atoms with E-state index in [2.05, 4.69) is 4.98 Å². The van der Waals surface area contributed by atoms with Crippen LogP contribution in [0.15, 0.2) is 47.4 Å². The number of carbonyl (C=O) groups excluding carboxylic acids is 1. The summed E-state index contributed by atoms with van der Waals surface area (Å²) in [6.07, 6.45) is 3.16. The van der Waals surface area contributed by atoms with E-state index in [-0.39, 0.29) is 35.5 Å². The number of hydrogen-bond acceptors (Lipinski definition) is 7. The van der Waals surface area contributed by atoms with Crippen molar-refractivity contribution in [3.8, 4) is 22.8 Å². The van der Waals surface area contributed by atoms with E-state index in [0.29, 0.717) is 38.4 Å². The zero-order valence-corrected chi connectivity index (χ0v) is 20.1. The highest BCUT2D eigenvalue weighted by Crippen LogP contribution is 2.34. The first-order valence-electron chi connectivity index (χ1n) is 10.5. The van der Waals surface area contributed by atoms with Crippen molar-refractivity contribution >= 4 is 39.9 Å². The van der Waals surface area contributed by atoms with Crippen molar-refractivity contribution in [3.63, 3.8) is 0 Å². The van der Waals surface area contributed by atoms with Gasteiger partial charge in [0.2, 0.25) is 0 Å². The Morgan fingerprint density at radius 3 is 2.80 bits per heavy atom. The number of rotatable bonds is 8. The summed E-state index contributed by atoms with van der Waals surface area (Å²) in [5.74, 6) is -1.02. The van der Waals surface area contributed by atoms with E-state index in [4.69, 9.17) is 16.3 Å². The van der Waals surface area contributed by atoms with Gasteiger partial charge in [-0.1, -0.05) is 35.1 Å². The SMILES string of the molecule is CN(CCOCCF)C(=O)c1cccc(-c2cn3c(=O)/c(=C/c4cc(O)c(O)c(Cl)c4)sc3n2)c1. The van der Waals surface area contributed by atoms with Crippen LogP contribution in [0.2, 0.25) is 5.02 Å². The number of aromatic hydroxyl groups is 2. The fraction of sp³-hybridized carbons (Fsp3) is 0.208. The molecule has 8 nitrogen and oxygen atoms in total. The highest BCUT2D eigenvalue weighted by atomic mass is 35.5. The lowest BCUT2D eigenvalue weighted by atomic mass is 10.1. The van der Waals surface area contributed by atoms with Crippen molar-refractivity contribution in [2.75, 3.05) is 33.5 Å². The van der Waals surface area contributed by atoms with Gasteiger partial charge in [-0.2, -0.15) is 0 Å². The molecule has 0 saturated carbocycles. The molecule has 0 aliphatic rings. The number of nitrogens with zero attached hydrogens (tertiary/aromatic N) is 3. The van der Waals surface area contributed by atoms with Gasteiger partial charge in [-0.15, -0.1) is 0 Å². The van der Waals surface area contributed by atoms with Crippen LogP contribution in [0.5, 0.6) is 11.5 Å². The Labute approximate surface area is 208 Å². The molecular weight excluding hydrogens is 497 g/mol. The van der Waals surface area contributed by atoms with Crippen LogP contribution in [0.4, 0.5) is 4.39 Å². The Balaban J connectivity index is 1.59. The fourth-order valence-corrected chi connectivity index (χ4v) is 4.58. The Morgan fingerprint density at radius 2 is 2.09 bits per heavy atom. The van der Waals surface area contributed by atoms with Gasteiger partial charge in [0.05, 0.1) is 28.5 Å². The Hall–Kier alpha value is -3.47. The topological polar surface area (TPSA) is 104 Å². The zero-order valence-electron chi connectivity index (χ0n) is 18.6. The van der Waals surface area contributed by atoms with Crippen LogP contribution < -0.4 is 10.1 Å². The van der Waals surface area contributed by atoms with Crippen molar-refractivity contribution < 1.29 is 24.1 Å². The maximum atomic E-state index is 12.9. The normalized spacial score (nSPS) is 11.9. The summed E-state index contributed by atoms with van der Waals surface area (Å²) < 4.78 is 19.0. The molecule has 4 aromatic rings. The van der Waals surface area contributed by atoms with Gasteiger partial charge < -0.3 is 19.8 Å². The lowest BCUT2D eigenvalue weighted by molar-refractivity contribution is 0.0676. The number of likely N-dealkylation sites (N-methyl/N-ethyl adjacent to an activating group) is 1. The molecule has 4 rings (SSSR count). The molecule has 11 heteroatoms. The highest BCUT2D eigenvalue weighted by Gasteiger charge is 2.15. The third-order valence-corrected chi connectivity index (χ3v) is 6.48. The molecule has 0 aliphatic heterocycles. The minimum Gasteiger partial charge on any atom is -0.504 e. The van der Waals surface area contributed by atoms with E-state index in [9.17, 15) is 24.2 Å². The van der Waals surface area contributed by atoms with Crippen molar-refractivity contribution in [2.24, 2.45) is 0 Å². The third kappa shape index (κ3) is 5.29. The number of fused-ring (bicyclic) bond motifs is 1. The zero-order chi connectivity index (χ0) is 25.1. The number of hydrogen-bond donors (Lipinski definition) is 2. The van der Waals surface area contributed by atoms with E-state index < -0.39 is 12.4 Å². The molecule has 0 saturated heterocycles. The second-order valence-electron chi connectivity index (χ2n) is 7.67. The van der Waals surface area contributed by atoms with E-state index in [1.54, 1.807) is 43.6 Å². The van der Waals surface area contributed by atoms with Crippen molar-refractivity contribution in [3.05, 3.63) is 73.6 Å². The van der Waals surface area contributed by atoms with Crippen LogP contribution in [-0.4, -0.2) is 63.9 Å². The van der Waals surface area contributed by atoms with Gasteiger partial charge in [0.25, 0.3) is 11.5 Å². The van der Waals surface area contributed by atoms with Gasteiger partial charge >= 0.3 is 0 Å². The van der Waals surface area contributed by atoms with Gasteiger partial charge in [-0.3, -0.25) is 14.0 Å². The number of imidazole rings is 1. The van der Waals surface area contributed by atoms with Crippen LogP contribution in [-0.2, 0) is 4.74 Å². The maximum absolute atomic E-state index is 12.9. The molecule has 2 heterocycles. The van der Waals surface area contributed by atoms with Crippen molar-refractivity contribution in [2.45, 2.75) is 0 Å². The van der Waals surface area contributed by atoms with Gasteiger partial charge in [0, 0.05) is 30.9 Å². The molecule has 2 aromatic carbocycles. The standard InChI is InChI=1S/C24H21ClFN3O5S/c1-28(6-8-34-7-5-26)22(32)16-4-2-3-15(12-16)18-13-29-23(33)20(35-24(29)27-18)11-14-9-17(25)21(31)19(30)10-14/h2-4,9-13,30-31H,5-8H2,1H3/b20-11-. The monoisotopic (exact) mass is 517 g/mol. The predicted octanol–water partition coefficient (Wildman–Crippen LogP) is 3.09. The smallest absolute Gasteiger partial charge is 0.274 e. The van der Waals surface area contributed by atoms with E-state index in [1.165, 1.54) is 21.4 Å². The molecule has 0 spiro atoms. The van der Waals surface area contributed by atoms with Crippen LogP contribution in [0, 0.1) is 0 Å². The highest BCUT2D eigenvalue weighted by molar-refractivity contribution is 7.15. The summed E-state index contributed by atoms with van der Waals surface area (Å²) in [4.78, 5) is 32.1. The molecule has 182 valence electrons. The number of carbonyl (C=O) groups is 1. The molecule has 0 atom stereocenters. The largest absolute Gasteiger partial charge is 0.504 e. The molecule has 0 fully saturated rings. The second-order valence-corrected chi connectivity index (χ2v) is 9.09. The molecule has 0 bridgehead atoms. The summed E-state index contributed by atoms with van der Waals surface area (Å²) in [6, 6.07) is 9.67. The Kier molecular flexibility index (Phi) is 7.34. The number of phenols is 2. The number of alkyl halides is 1. The molecule has 2 aromatic heterocycles. The van der Waals surface area contributed by atoms with Crippen LogP contribution >= 0.6 is 22.9 Å². The summed E-state index contributed by atoms with van der Waals surface area (Å²) >= 11 is 7.05. The lowest BCUT2D eigenvalue weighted by Crippen LogP contribution is -2.30. The number of ether oxygens (including phenoxy) is 1. The van der Waals surface area contributed by atoms with E-state index >= 15 is 0 Å². The third-order valence-electron chi connectivity index (χ3n) is 5.21. The van der Waals surface area contributed by atoms with Crippen LogP contribution in [0.25, 0.3) is 22.3 Å². The number of benzene rings is 2.